The number of benzene rings is 2. The van der Waals surface area contributed by atoms with E-state index in [0.717, 1.165) is 0 Å². The van der Waals surface area contributed by atoms with Crippen molar-refractivity contribution < 1.29 is 35.7 Å². The molecule has 0 bridgehead atoms. The van der Waals surface area contributed by atoms with Crippen LogP contribution in [-0.2, 0) is 6.54 Å². The summed E-state index contributed by atoms with van der Waals surface area (Å²) < 4.78 is 0. The summed E-state index contributed by atoms with van der Waals surface area (Å²) in [6.07, 6.45) is -6.24. The Hall–Kier alpha value is -1.94. The lowest BCUT2D eigenvalue weighted by molar-refractivity contribution is -0.118. The molecule has 0 aliphatic heterocycles. The Labute approximate surface area is 150 Å². The highest BCUT2D eigenvalue weighted by Gasteiger charge is 2.30. The van der Waals surface area contributed by atoms with E-state index in [4.69, 9.17) is 5.11 Å². The minimum absolute atomic E-state index is 0.0102. The van der Waals surface area contributed by atoms with Gasteiger partial charge in [0.05, 0.1) is 12.7 Å². The van der Waals surface area contributed by atoms with Crippen molar-refractivity contribution in [2.45, 2.75) is 31.0 Å². The molecule has 0 saturated carbocycles. The second-order valence-electron chi connectivity index (χ2n) is 6.44. The Morgan fingerprint density at radius 2 is 1.54 bits per heavy atom. The van der Waals surface area contributed by atoms with E-state index in [1.165, 1.54) is 6.07 Å². The Morgan fingerprint density at radius 3 is 2.19 bits per heavy atom. The smallest absolute Gasteiger partial charge is 0.128 e. The van der Waals surface area contributed by atoms with E-state index in [1.807, 2.05) is 0 Å². The molecule has 0 spiro atoms. The molecule has 0 fully saturated rings. The monoisotopic (exact) mass is 367 g/mol. The zero-order valence-electron chi connectivity index (χ0n) is 14.4. The van der Waals surface area contributed by atoms with E-state index in [1.54, 1.807) is 36.2 Å². The Morgan fingerprint density at radius 1 is 0.885 bits per heavy atom. The number of hydrogen-bond acceptors (Lipinski definition) is 8. The maximum atomic E-state index is 10.4. The number of nitrogens with zero attached hydrogens (tertiary/aromatic N) is 1. The van der Waals surface area contributed by atoms with Crippen molar-refractivity contribution in [3.63, 3.8) is 0 Å². The van der Waals surface area contributed by atoms with Crippen molar-refractivity contribution in [3.05, 3.63) is 35.9 Å². The molecule has 26 heavy (non-hydrogen) atoms. The fourth-order valence-corrected chi connectivity index (χ4v) is 2.84. The van der Waals surface area contributed by atoms with Gasteiger partial charge in [-0.25, -0.2) is 0 Å². The van der Waals surface area contributed by atoms with Crippen LogP contribution in [-0.4, -0.2) is 85.3 Å². The van der Waals surface area contributed by atoms with Crippen LogP contribution < -0.4 is 0 Å². The number of fused-ring (bicyclic) bond motifs is 1. The number of likely N-dealkylation sites (N-methyl/N-ethyl adjacent to an activating group) is 1. The van der Waals surface area contributed by atoms with Gasteiger partial charge in [-0.15, -0.1) is 0 Å². The third-order valence-corrected chi connectivity index (χ3v) is 4.36. The largest absolute Gasteiger partial charge is 0.507 e. The highest BCUT2D eigenvalue weighted by atomic mass is 16.4. The Kier molecular flexibility index (Phi) is 6.76. The topological polar surface area (TPSA) is 145 Å². The number of aliphatic hydroxyl groups excluding tert-OH is 5. The Balaban J connectivity index is 2.07. The lowest BCUT2D eigenvalue weighted by Crippen LogP contribution is -2.49. The summed E-state index contributed by atoms with van der Waals surface area (Å²) in [5.74, 6) is 0.0729. The van der Waals surface area contributed by atoms with E-state index in [2.05, 4.69) is 0 Å². The van der Waals surface area contributed by atoms with E-state index in [0.29, 0.717) is 16.3 Å². The molecule has 0 saturated heterocycles. The third kappa shape index (κ3) is 4.42. The number of aromatic hydroxyl groups is 2. The zero-order valence-corrected chi connectivity index (χ0v) is 14.4. The average molecular weight is 367 g/mol. The van der Waals surface area contributed by atoms with Crippen LogP contribution in [0.3, 0.4) is 0 Å². The summed E-state index contributed by atoms with van der Waals surface area (Å²) >= 11 is 0. The van der Waals surface area contributed by atoms with Crippen LogP contribution in [0.5, 0.6) is 11.5 Å². The lowest BCUT2D eigenvalue weighted by Gasteiger charge is -2.28. The molecule has 2 aromatic rings. The second-order valence-corrected chi connectivity index (χ2v) is 6.44. The van der Waals surface area contributed by atoms with Gasteiger partial charge in [0.15, 0.2) is 0 Å². The first-order chi connectivity index (χ1) is 12.3. The van der Waals surface area contributed by atoms with Gasteiger partial charge >= 0.3 is 0 Å². The molecule has 8 heteroatoms. The lowest BCUT2D eigenvalue weighted by atomic mass is 10.0. The number of hydrogen-bond donors (Lipinski definition) is 7. The molecule has 0 aromatic heterocycles. The molecule has 0 radical (unpaired) electrons. The molecular formula is C18H25NO7. The molecule has 8 nitrogen and oxygen atoms in total. The summed E-state index contributed by atoms with van der Waals surface area (Å²) in [5.41, 5.74) is 0.559. The Bertz CT molecular complexity index is 739. The van der Waals surface area contributed by atoms with E-state index >= 15 is 0 Å². The number of aliphatic hydroxyl groups is 5. The van der Waals surface area contributed by atoms with Crippen molar-refractivity contribution in [2.75, 3.05) is 20.2 Å². The SMILES string of the molecule is CN(Cc1ccc2c(O)cccc2c1O)CC(O)C(O)C(O)C(O)CO. The molecule has 144 valence electrons. The van der Waals surface area contributed by atoms with Gasteiger partial charge in [0, 0.05) is 29.4 Å². The first kappa shape index (κ1) is 20.4. The van der Waals surface area contributed by atoms with Crippen LogP contribution in [0.1, 0.15) is 5.56 Å². The van der Waals surface area contributed by atoms with Crippen LogP contribution in [0.15, 0.2) is 30.3 Å². The van der Waals surface area contributed by atoms with Gasteiger partial charge in [-0.1, -0.05) is 24.3 Å². The van der Waals surface area contributed by atoms with Crippen LogP contribution in [0.2, 0.25) is 0 Å². The first-order valence-corrected chi connectivity index (χ1v) is 8.20. The summed E-state index contributed by atoms with van der Waals surface area (Å²) in [6.45, 7) is -0.549. The molecule has 4 unspecified atom stereocenters. The number of phenolic OH excluding ortho intramolecular Hbond substituents is 2. The minimum atomic E-state index is -1.68. The molecule has 4 atom stereocenters. The number of phenols is 2. The molecule has 0 heterocycles. The van der Waals surface area contributed by atoms with Gasteiger partial charge < -0.3 is 35.7 Å². The quantitative estimate of drug-likeness (QED) is 0.318. The normalized spacial score (nSPS) is 16.6. The number of rotatable bonds is 8. The van der Waals surface area contributed by atoms with Gasteiger partial charge in [-0.3, -0.25) is 4.90 Å². The van der Waals surface area contributed by atoms with Crippen LogP contribution >= 0.6 is 0 Å². The van der Waals surface area contributed by atoms with Crippen molar-refractivity contribution in [1.29, 1.82) is 0 Å². The molecule has 0 aliphatic rings. The molecule has 0 aliphatic carbocycles. The highest BCUT2D eigenvalue weighted by Crippen LogP contribution is 2.34. The van der Waals surface area contributed by atoms with Gasteiger partial charge in [0.1, 0.15) is 29.8 Å². The summed E-state index contributed by atoms with van der Waals surface area (Å²) in [7, 11) is 1.65. The minimum Gasteiger partial charge on any atom is -0.507 e. The second kappa shape index (κ2) is 8.63. The molecule has 7 N–H and O–H groups in total. The van der Waals surface area contributed by atoms with Crippen molar-refractivity contribution in [3.8, 4) is 11.5 Å². The maximum absolute atomic E-state index is 10.4. The van der Waals surface area contributed by atoms with Crippen molar-refractivity contribution >= 4 is 10.8 Å². The van der Waals surface area contributed by atoms with Gasteiger partial charge in [-0.05, 0) is 13.1 Å². The van der Waals surface area contributed by atoms with E-state index in [9.17, 15) is 30.6 Å². The van der Waals surface area contributed by atoms with Crippen LogP contribution in [0.25, 0.3) is 10.8 Å². The fraction of sp³-hybridized carbons (Fsp3) is 0.444. The van der Waals surface area contributed by atoms with Crippen molar-refractivity contribution in [1.82, 2.24) is 4.90 Å². The summed E-state index contributed by atoms with van der Waals surface area (Å²) in [5, 5.41) is 68.9. The van der Waals surface area contributed by atoms with Crippen LogP contribution in [0, 0.1) is 0 Å². The molecular weight excluding hydrogens is 342 g/mol. The van der Waals surface area contributed by atoms with Gasteiger partial charge in [-0.2, -0.15) is 0 Å². The fourth-order valence-electron chi connectivity index (χ4n) is 2.84. The third-order valence-electron chi connectivity index (χ3n) is 4.36. The average Bonchev–Trinajstić information content (AvgIpc) is 2.62. The van der Waals surface area contributed by atoms with Crippen molar-refractivity contribution in [2.24, 2.45) is 0 Å². The van der Waals surface area contributed by atoms with E-state index < -0.39 is 31.0 Å². The molecule has 2 aromatic carbocycles. The summed E-state index contributed by atoms with van der Waals surface area (Å²) in [6, 6.07) is 8.16. The predicted octanol–water partition coefficient (Wildman–Crippen LogP) is -0.881. The first-order valence-electron chi connectivity index (χ1n) is 8.20. The zero-order chi connectivity index (χ0) is 19.4. The van der Waals surface area contributed by atoms with E-state index in [-0.39, 0.29) is 24.6 Å². The van der Waals surface area contributed by atoms with Crippen LogP contribution in [0.4, 0.5) is 0 Å². The maximum Gasteiger partial charge on any atom is 0.128 e. The van der Waals surface area contributed by atoms with Gasteiger partial charge in [0.2, 0.25) is 0 Å². The van der Waals surface area contributed by atoms with Gasteiger partial charge in [0.25, 0.3) is 0 Å². The predicted molar refractivity (Wildman–Crippen MR) is 94.7 cm³/mol. The highest BCUT2D eigenvalue weighted by molar-refractivity contribution is 5.93. The summed E-state index contributed by atoms with van der Waals surface area (Å²) in [4.78, 5) is 1.62. The standard InChI is InChI=1S/C18H25NO7/c1-19(8-14(22)17(25)18(26)15(23)9-20)7-10-5-6-11-12(16(10)24)3-2-4-13(11)21/h2-6,14-15,17-18,20-26H,7-9H2,1H3. The molecule has 0 amide bonds. The molecule has 2 rings (SSSR count).